The summed E-state index contributed by atoms with van der Waals surface area (Å²) in [5.41, 5.74) is 0. The second-order valence-corrected chi connectivity index (χ2v) is 10.3. The summed E-state index contributed by atoms with van der Waals surface area (Å²) in [4.78, 5) is -0.833. The number of epoxide rings is 4. The van der Waals surface area contributed by atoms with Crippen molar-refractivity contribution in [3.8, 4) is 0 Å². The van der Waals surface area contributed by atoms with Gasteiger partial charge in [-0.05, 0) is 47.4 Å². The Morgan fingerprint density at radius 2 is 0.520 bits per heavy atom. The van der Waals surface area contributed by atoms with Crippen LogP contribution < -0.4 is 0 Å². The first-order valence-electron chi connectivity index (χ1n) is 8.04. The third-order valence-electron chi connectivity index (χ3n) is 4.37. The Kier molecular flexibility index (Phi) is 10.1. The maximum absolute atomic E-state index is 4.92. The molecule has 8 unspecified atom stereocenters. The summed E-state index contributed by atoms with van der Waals surface area (Å²) in [6.07, 6.45) is 1.25. The summed E-state index contributed by atoms with van der Waals surface area (Å²) in [6, 6.07) is 0. The second kappa shape index (κ2) is 9.29. The van der Waals surface area contributed by atoms with E-state index >= 15 is 0 Å². The standard InChI is InChI=1S/4C4H8OS.Zr/c4*1-3-4(2,6)5-3;/h4*3,6H,1-2H3;/q;;;;+4/p-4. The first-order valence-corrected chi connectivity index (χ1v) is 9.67. The van der Waals surface area contributed by atoms with Gasteiger partial charge in [-0.3, -0.25) is 0 Å². The molecule has 0 aliphatic carbocycles. The Morgan fingerprint density at radius 3 is 0.520 bits per heavy atom. The molecular weight excluding hydrogens is 476 g/mol. The molecule has 4 rings (SSSR count). The maximum atomic E-state index is 4.92. The Balaban J connectivity index is 0.000000303. The first-order chi connectivity index (χ1) is 10.5. The van der Waals surface area contributed by atoms with E-state index in [-0.39, 0.29) is 45.9 Å². The molecule has 4 fully saturated rings. The van der Waals surface area contributed by atoms with E-state index in [1.807, 2.05) is 55.4 Å². The van der Waals surface area contributed by atoms with E-state index in [1.54, 1.807) is 0 Å². The van der Waals surface area contributed by atoms with Crippen LogP contribution in [0, 0.1) is 0 Å². The van der Waals surface area contributed by atoms with Gasteiger partial charge in [-0.1, -0.05) is 27.7 Å². The van der Waals surface area contributed by atoms with Crippen LogP contribution in [0.5, 0.6) is 0 Å². The largest absolute Gasteiger partial charge is 4.00 e. The van der Waals surface area contributed by atoms with Gasteiger partial charge in [0.25, 0.3) is 0 Å². The number of hydrogen-bond donors (Lipinski definition) is 0. The number of rotatable bonds is 0. The van der Waals surface area contributed by atoms with Gasteiger partial charge in [-0.25, -0.2) is 0 Å². The fraction of sp³-hybridized carbons (Fsp3) is 1.00. The zero-order valence-electron chi connectivity index (χ0n) is 16.1. The molecule has 4 aliphatic heterocycles. The van der Waals surface area contributed by atoms with E-state index < -0.39 is 0 Å². The third kappa shape index (κ3) is 10.5. The predicted octanol–water partition coefficient (Wildman–Crippen LogP) is 2.67. The van der Waals surface area contributed by atoms with Crippen molar-refractivity contribution in [3.05, 3.63) is 0 Å². The topological polar surface area (TPSA) is 50.1 Å². The van der Waals surface area contributed by atoms with E-state index in [0.717, 1.165) is 0 Å². The molecule has 4 aliphatic rings. The number of hydrogen-bond acceptors (Lipinski definition) is 8. The van der Waals surface area contributed by atoms with Crippen LogP contribution >= 0.6 is 0 Å². The van der Waals surface area contributed by atoms with Crippen LogP contribution in [0.4, 0.5) is 0 Å². The van der Waals surface area contributed by atoms with E-state index in [4.69, 9.17) is 69.5 Å². The molecule has 144 valence electrons. The van der Waals surface area contributed by atoms with Gasteiger partial charge < -0.3 is 69.5 Å². The molecule has 4 nitrogen and oxygen atoms in total. The molecule has 4 heterocycles. The summed E-state index contributed by atoms with van der Waals surface area (Å²) >= 11 is 19.4. The molecule has 0 aromatic carbocycles. The van der Waals surface area contributed by atoms with Gasteiger partial charge in [0.05, 0.1) is 24.4 Å². The maximum Gasteiger partial charge on any atom is 4.00 e. The number of ether oxygens (including phenoxy) is 4. The first kappa shape index (κ1) is 27.1. The van der Waals surface area contributed by atoms with Crippen molar-refractivity contribution in [1.29, 1.82) is 0 Å². The van der Waals surface area contributed by atoms with E-state index in [2.05, 4.69) is 0 Å². The van der Waals surface area contributed by atoms with E-state index in [0.29, 0.717) is 24.4 Å². The minimum Gasteiger partial charge on any atom is -0.755 e. The molecule has 0 N–H and O–H groups in total. The minimum absolute atomic E-state index is 0. The van der Waals surface area contributed by atoms with Gasteiger partial charge in [0.2, 0.25) is 0 Å². The van der Waals surface area contributed by atoms with Gasteiger partial charge in [0.15, 0.2) is 0 Å². The summed E-state index contributed by atoms with van der Waals surface area (Å²) in [5.74, 6) is 0. The van der Waals surface area contributed by atoms with Crippen LogP contribution in [-0.4, -0.2) is 44.1 Å². The van der Waals surface area contributed by atoms with E-state index in [1.165, 1.54) is 0 Å². The second-order valence-electron chi connectivity index (χ2n) is 7.10. The van der Waals surface area contributed by atoms with Crippen molar-refractivity contribution in [2.75, 3.05) is 0 Å². The third-order valence-corrected chi connectivity index (χ3v) is 6.08. The summed E-state index contributed by atoms with van der Waals surface area (Å²) in [5, 5.41) is 0. The predicted molar refractivity (Wildman–Crippen MR) is 105 cm³/mol. The van der Waals surface area contributed by atoms with Crippen molar-refractivity contribution < 1.29 is 45.2 Å². The van der Waals surface area contributed by atoms with Crippen molar-refractivity contribution in [3.63, 3.8) is 0 Å². The quantitative estimate of drug-likeness (QED) is 0.369. The molecule has 25 heavy (non-hydrogen) atoms. The molecule has 4 saturated heterocycles. The van der Waals surface area contributed by atoms with Crippen LogP contribution in [0.2, 0.25) is 0 Å². The van der Waals surface area contributed by atoms with E-state index in [9.17, 15) is 0 Å². The monoisotopic (exact) mass is 502 g/mol. The van der Waals surface area contributed by atoms with Crippen LogP contribution in [0.1, 0.15) is 55.4 Å². The zero-order chi connectivity index (χ0) is 19.1. The SMILES string of the molecule is CC1OC1(C)[S-].CC1OC1(C)[S-].CC1OC1(C)[S-].CC1OC1(C)[S-].[Zr+4]. The molecule has 0 aromatic heterocycles. The van der Waals surface area contributed by atoms with Crippen LogP contribution in [0.25, 0.3) is 0 Å². The molecule has 0 spiro atoms. The Bertz CT molecular complexity index is 366. The van der Waals surface area contributed by atoms with Gasteiger partial charge in [0.1, 0.15) is 0 Å². The summed E-state index contributed by atoms with van der Waals surface area (Å²) in [6.45, 7) is 15.6. The molecule has 8 atom stereocenters. The van der Waals surface area contributed by atoms with Crippen molar-refractivity contribution >= 4 is 50.5 Å². The fourth-order valence-corrected chi connectivity index (χ4v) is 1.85. The molecule has 9 heteroatoms. The van der Waals surface area contributed by atoms with Crippen molar-refractivity contribution in [1.82, 2.24) is 0 Å². The minimum atomic E-state index is -0.208. The van der Waals surface area contributed by atoms with Crippen LogP contribution in [-0.2, 0) is 95.7 Å². The smallest absolute Gasteiger partial charge is 0.755 e. The average molecular weight is 504 g/mol. The average Bonchev–Trinajstić information content (AvgIpc) is 3.29. The summed E-state index contributed by atoms with van der Waals surface area (Å²) in [7, 11) is 0. The Morgan fingerprint density at radius 1 is 0.480 bits per heavy atom. The normalized spacial score (nSPS) is 53.3. The van der Waals surface area contributed by atoms with Crippen LogP contribution in [0.15, 0.2) is 0 Å². The van der Waals surface area contributed by atoms with Gasteiger partial charge >= 0.3 is 26.2 Å². The zero-order valence-corrected chi connectivity index (χ0v) is 21.8. The Hall–Kier alpha value is 2.12. The van der Waals surface area contributed by atoms with Crippen molar-refractivity contribution in [2.24, 2.45) is 0 Å². The molecule has 0 saturated carbocycles. The molecule has 0 aromatic rings. The molecule has 0 amide bonds. The Labute approximate surface area is 194 Å². The van der Waals surface area contributed by atoms with Gasteiger partial charge in [-0.2, -0.15) is 0 Å². The molecule has 0 bridgehead atoms. The summed E-state index contributed by atoms with van der Waals surface area (Å²) < 4.78 is 19.7. The fourth-order valence-electron chi connectivity index (χ4n) is 1.27. The molecule has 0 radical (unpaired) electrons. The van der Waals surface area contributed by atoms with Crippen LogP contribution in [0.3, 0.4) is 0 Å². The van der Waals surface area contributed by atoms with Gasteiger partial charge in [-0.15, -0.1) is 0 Å². The van der Waals surface area contributed by atoms with Gasteiger partial charge in [0, 0.05) is 0 Å². The molecular formula is C16H28O4S4Zr. The van der Waals surface area contributed by atoms with Crippen molar-refractivity contribution in [2.45, 2.75) is 99.5 Å².